The summed E-state index contributed by atoms with van der Waals surface area (Å²) in [5.41, 5.74) is 0. The van der Waals surface area contributed by atoms with Gasteiger partial charge in [-0.3, -0.25) is 9.79 Å². The van der Waals surface area contributed by atoms with Gasteiger partial charge < -0.3 is 19.7 Å². The van der Waals surface area contributed by atoms with E-state index in [4.69, 9.17) is 0 Å². The second-order valence-electron chi connectivity index (χ2n) is 6.71. The minimum absolute atomic E-state index is 0. The molecule has 26 heavy (non-hydrogen) atoms. The monoisotopic (exact) mass is 475 g/mol. The van der Waals surface area contributed by atoms with Crippen LogP contribution in [0.3, 0.4) is 0 Å². The average molecular weight is 475 g/mol. The number of nitrogens with zero attached hydrogens (tertiary/aromatic N) is 6. The highest BCUT2D eigenvalue weighted by Crippen LogP contribution is 2.14. The number of carbonyl (C=O) groups excluding carboxylic acids is 1. The van der Waals surface area contributed by atoms with E-state index in [1.54, 1.807) is 6.92 Å². The molecule has 3 rings (SSSR count). The molecule has 0 spiro atoms. The predicted octanol–water partition coefficient (Wildman–Crippen LogP) is 0.904. The zero-order valence-corrected chi connectivity index (χ0v) is 18.1. The topological polar surface area (TPSA) is 78.7 Å². The maximum Gasteiger partial charge on any atom is 0.219 e. The van der Waals surface area contributed by atoms with Gasteiger partial charge in [-0.1, -0.05) is 6.42 Å². The van der Waals surface area contributed by atoms with Crippen LogP contribution in [0.25, 0.3) is 0 Å². The summed E-state index contributed by atoms with van der Waals surface area (Å²) in [4.78, 5) is 19.9. The molecular formula is C17H30IN7O. The van der Waals surface area contributed by atoms with Crippen LogP contribution < -0.4 is 5.32 Å². The number of nitrogens with one attached hydrogen (secondary N) is 1. The first kappa shape index (κ1) is 20.9. The standard InChI is InChI=1S/C17H29N7O.HI/c1-14(25)22-10-12-23(13-11-22)17(18-2)19-8-7-16-21-20-15-6-4-3-5-9-24(15)16;/h3-13H2,1-2H3,(H,18,19);1H. The van der Waals surface area contributed by atoms with E-state index in [1.807, 2.05) is 11.9 Å². The summed E-state index contributed by atoms with van der Waals surface area (Å²) in [6, 6.07) is 0. The number of piperazine rings is 1. The summed E-state index contributed by atoms with van der Waals surface area (Å²) in [6.45, 7) is 6.61. The number of halogens is 1. The Morgan fingerprint density at radius 3 is 2.50 bits per heavy atom. The Labute approximate surface area is 172 Å². The molecule has 2 aliphatic heterocycles. The largest absolute Gasteiger partial charge is 0.356 e. The summed E-state index contributed by atoms with van der Waals surface area (Å²) in [5.74, 6) is 3.26. The lowest BCUT2D eigenvalue weighted by atomic mass is 10.2. The van der Waals surface area contributed by atoms with E-state index in [2.05, 4.69) is 30.0 Å². The lowest BCUT2D eigenvalue weighted by Crippen LogP contribution is -2.53. The van der Waals surface area contributed by atoms with Crippen LogP contribution in [-0.2, 0) is 24.2 Å². The highest BCUT2D eigenvalue weighted by molar-refractivity contribution is 14.0. The highest BCUT2D eigenvalue weighted by Gasteiger charge is 2.21. The third kappa shape index (κ3) is 5.08. The number of guanidine groups is 1. The van der Waals surface area contributed by atoms with Gasteiger partial charge >= 0.3 is 0 Å². The van der Waals surface area contributed by atoms with Gasteiger partial charge in [0.1, 0.15) is 11.6 Å². The zero-order valence-electron chi connectivity index (χ0n) is 15.8. The van der Waals surface area contributed by atoms with Gasteiger partial charge in [0.15, 0.2) is 5.96 Å². The highest BCUT2D eigenvalue weighted by atomic mass is 127. The van der Waals surface area contributed by atoms with Gasteiger partial charge in [-0.15, -0.1) is 34.2 Å². The van der Waals surface area contributed by atoms with E-state index in [9.17, 15) is 4.79 Å². The molecule has 8 nitrogen and oxygen atoms in total. The molecule has 3 heterocycles. The van der Waals surface area contributed by atoms with Crippen LogP contribution in [0, 0.1) is 0 Å². The molecule has 1 saturated heterocycles. The molecular weight excluding hydrogens is 445 g/mol. The van der Waals surface area contributed by atoms with Crippen molar-refractivity contribution in [3.05, 3.63) is 11.6 Å². The van der Waals surface area contributed by atoms with Crippen LogP contribution in [0.1, 0.15) is 37.8 Å². The van der Waals surface area contributed by atoms with Gasteiger partial charge in [0.05, 0.1) is 0 Å². The molecule has 0 aromatic carbocycles. The number of amides is 1. The fourth-order valence-corrected chi connectivity index (χ4v) is 3.58. The third-order valence-corrected chi connectivity index (χ3v) is 5.05. The summed E-state index contributed by atoms with van der Waals surface area (Å²) >= 11 is 0. The molecule has 0 saturated carbocycles. The fraction of sp³-hybridized carbons (Fsp3) is 0.765. The van der Waals surface area contributed by atoms with Gasteiger partial charge in [-0.25, -0.2) is 0 Å². The second kappa shape index (κ2) is 10.1. The number of carbonyl (C=O) groups is 1. The van der Waals surface area contributed by atoms with Crippen LogP contribution >= 0.6 is 24.0 Å². The van der Waals surface area contributed by atoms with Crippen LogP contribution in [0.5, 0.6) is 0 Å². The minimum Gasteiger partial charge on any atom is -0.356 e. The zero-order chi connectivity index (χ0) is 17.6. The van der Waals surface area contributed by atoms with Crippen molar-refractivity contribution in [1.82, 2.24) is 29.9 Å². The number of hydrogen-bond donors (Lipinski definition) is 1. The molecule has 9 heteroatoms. The van der Waals surface area contributed by atoms with Gasteiger partial charge in [0, 0.05) is 66.1 Å². The Kier molecular flexibility index (Phi) is 8.11. The summed E-state index contributed by atoms with van der Waals surface area (Å²) in [6.07, 6.45) is 5.60. The molecule has 0 aliphatic carbocycles. The molecule has 2 aliphatic rings. The quantitative estimate of drug-likeness (QED) is 0.400. The molecule has 1 aromatic heterocycles. The summed E-state index contributed by atoms with van der Waals surface area (Å²) in [7, 11) is 1.81. The number of rotatable bonds is 3. The first-order valence-electron chi connectivity index (χ1n) is 9.31. The average Bonchev–Trinajstić information content (AvgIpc) is 2.85. The van der Waals surface area contributed by atoms with Crippen LogP contribution in [0.4, 0.5) is 0 Å². The molecule has 1 aromatic rings. The molecule has 0 atom stereocenters. The lowest BCUT2D eigenvalue weighted by molar-refractivity contribution is -0.130. The number of fused-ring (bicyclic) bond motifs is 1. The number of hydrogen-bond acceptors (Lipinski definition) is 4. The van der Waals surface area contributed by atoms with Gasteiger partial charge in [0.2, 0.25) is 5.91 Å². The normalized spacial score (nSPS) is 18.0. The smallest absolute Gasteiger partial charge is 0.219 e. The van der Waals surface area contributed by atoms with Crippen LogP contribution in [-0.4, -0.2) is 76.2 Å². The maximum absolute atomic E-state index is 11.4. The fourth-order valence-electron chi connectivity index (χ4n) is 3.58. The van der Waals surface area contributed by atoms with Crippen molar-refractivity contribution in [1.29, 1.82) is 0 Å². The van der Waals surface area contributed by atoms with Crippen molar-refractivity contribution < 1.29 is 4.79 Å². The Bertz CT molecular complexity index is 623. The SMILES string of the molecule is CN=C(NCCc1nnc2n1CCCCC2)N1CCN(C(C)=O)CC1.I. The third-order valence-electron chi connectivity index (χ3n) is 5.05. The van der Waals surface area contributed by atoms with Crippen molar-refractivity contribution in [3.63, 3.8) is 0 Å². The van der Waals surface area contributed by atoms with E-state index in [1.165, 1.54) is 19.3 Å². The number of aryl methyl sites for hydroxylation is 1. The number of aliphatic imine (C=N–C) groups is 1. The van der Waals surface area contributed by atoms with Crippen molar-refractivity contribution >= 4 is 35.8 Å². The van der Waals surface area contributed by atoms with E-state index in [0.717, 1.165) is 69.7 Å². The van der Waals surface area contributed by atoms with Crippen molar-refractivity contribution in [2.75, 3.05) is 39.8 Å². The molecule has 1 amide bonds. The molecule has 1 fully saturated rings. The van der Waals surface area contributed by atoms with E-state index >= 15 is 0 Å². The molecule has 0 radical (unpaired) electrons. The summed E-state index contributed by atoms with van der Waals surface area (Å²) < 4.78 is 2.29. The van der Waals surface area contributed by atoms with Crippen molar-refractivity contribution in [2.24, 2.45) is 4.99 Å². The van der Waals surface area contributed by atoms with E-state index < -0.39 is 0 Å². The maximum atomic E-state index is 11.4. The van der Waals surface area contributed by atoms with Crippen LogP contribution in [0.2, 0.25) is 0 Å². The predicted molar refractivity (Wildman–Crippen MR) is 112 cm³/mol. The molecule has 0 unspecified atom stereocenters. The van der Waals surface area contributed by atoms with Gasteiger partial charge in [-0.05, 0) is 12.8 Å². The summed E-state index contributed by atoms with van der Waals surface area (Å²) in [5, 5.41) is 12.2. The molecule has 1 N–H and O–H groups in total. The Balaban J connectivity index is 0.00000243. The van der Waals surface area contributed by atoms with E-state index in [-0.39, 0.29) is 29.9 Å². The Morgan fingerprint density at radius 2 is 1.81 bits per heavy atom. The van der Waals surface area contributed by atoms with Crippen molar-refractivity contribution in [3.8, 4) is 0 Å². The lowest BCUT2D eigenvalue weighted by Gasteiger charge is -2.36. The second-order valence-corrected chi connectivity index (χ2v) is 6.71. The van der Waals surface area contributed by atoms with Crippen LogP contribution in [0.15, 0.2) is 4.99 Å². The molecule has 146 valence electrons. The van der Waals surface area contributed by atoms with Crippen molar-refractivity contribution in [2.45, 2.75) is 45.6 Å². The molecule has 0 bridgehead atoms. The Hall–Kier alpha value is -1.39. The van der Waals surface area contributed by atoms with E-state index in [0.29, 0.717) is 0 Å². The first-order chi connectivity index (χ1) is 12.2. The number of aromatic nitrogens is 3. The van der Waals surface area contributed by atoms with Gasteiger partial charge in [-0.2, -0.15) is 0 Å². The first-order valence-corrected chi connectivity index (χ1v) is 9.31. The minimum atomic E-state index is 0. The van der Waals surface area contributed by atoms with Gasteiger partial charge in [0.25, 0.3) is 0 Å². The Morgan fingerprint density at radius 1 is 1.08 bits per heavy atom.